The molecule has 8 nitrogen and oxygen atoms in total. The minimum absolute atomic E-state index is 0. The number of amides is 1. The number of carbonyl (C=O) groups excluding carboxylic acids is 1. The van der Waals surface area contributed by atoms with Gasteiger partial charge in [-0.3, -0.25) is 4.79 Å². The third-order valence-electron chi connectivity index (χ3n) is 5.35. The van der Waals surface area contributed by atoms with E-state index >= 15 is 0 Å². The Hall–Kier alpha value is -2.39. The molecule has 1 saturated heterocycles. The summed E-state index contributed by atoms with van der Waals surface area (Å²) in [4.78, 5) is 15.3. The molecular weight excluding hydrogens is 469 g/mol. The molecule has 2 aromatic rings. The fourth-order valence-electron chi connectivity index (χ4n) is 3.73. The number of methoxy groups -OCH3 is 3. The van der Waals surface area contributed by atoms with Crippen molar-refractivity contribution in [1.29, 1.82) is 0 Å². The summed E-state index contributed by atoms with van der Waals surface area (Å²) in [6.45, 7) is 4.68. The van der Waals surface area contributed by atoms with Gasteiger partial charge in [-0.2, -0.15) is 0 Å². The van der Waals surface area contributed by atoms with Crippen LogP contribution < -0.4 is 30.0 Å². The molecule has 10 heteroatoms. The zero-order chi connectivity index (χ0) is 22.4. The first-order chi connectivity index (χ1) is 15.0. The molecule has 0 radical (unpaired) electrons. The largest absolute Gasteiger partial charge is 0.492 e. The van der Waals surface area contributed by atoms with Crippen LogP contribution in [0.2, 0.25) is 0 Å². The Kier molecular flexibility index (Phi) is 11.6. The van der Waals surface area contributed by atoms with E-state index in [1.807, 2.05) is 36.1 Å². The van der Waals surface area contributed by atoms with E-state index in [0.717, 1.165) is 25.1 Å². The average Bonchev–Trinajstić information content (AvgIpc) is 2.79. The molecule has 2 aromatic carbocycles. The number of piperazine rings is 1. The normalized spacial score (nSPS) is 15.1. The lowest BCUT2D eigenvalue weighted by Crippen LogP contribution is -2.52. The maximum atomic E-state index is 13.4. The molecule has 33 heavy (non-hydrogen) atoms. The Morgan fingerprint density at radius 1 is 1.06 bits per heavy atom. The summed E-state index contributed by atoms with van der Waals surface area (Å²) in [6, 6.07) is 9.36. The molecule has 0 saturated carbocycles. The van der Waals surface area contributed by atoms with Crippen LogP contribution >= 0.6 is 24.8 Å². The highest BCUT2D eigenvalue weighted by Crippen LogP contribution is 2.48. The lowest BCUT2D eigenvalue weighted by Gasteiger charge is -2.34. The van der Waals surface area contributed by atoms with Crippen molar-refractivity contribution in [3.63, 3.8) is 0 Å². The molecule has 0 aromatic heterocycles. The van der Waals surface area contributed by atoms with Gasteiger partial charge in [-0.15, -0.1) is 24.8 Å². The van der Waals surface area contributed by atoms with Gasteiger partial charge in [0.1, 0.15) is 5.75 Å². The van der Waals surface area contributed by atoms with Crippen LogP contribution in [0.25, 0.3) is 0 Å². The quantitative estimate of drug-likeness (QED) is 0.572. The van der Waals surface area contributed by atoms with Crippen LogP contribution in [0.15, 0.2) is 30.3 Å². The molecule has 3 N–H and O–H groups in total. The number of carbonyl (C=O) groups is 1. The number of nitrogens with two attached hydrogens (primary N) is 1. The van der Waals surface area contributed by atoms with E-state index in [0.29, 0.717) is 47.4 Å². The van der Waals surface area contributed by atoms with Gasteiger partial charge in [0.2, 0.25) is 11.5 Å². The zero-order valence-electron chi connectivity index (χ0n) is 19.4. The maximum Gasteiger partial charge on any atom is 0.258 e. The number of hydrogen-bond acceptors (Lipinski definition) is 7. The van der Waals surface area contributed by atoms with E-state index in [1.165, 1.54) is 21.3 Å². The van der Waals surface area contributed by atoms with Gasteiger partial charge in [-0.1, -0.05) is 12.1 Å². The Morgan fingerprint density at radius 3 is 2.24 bits per heavy atom. The van der Waals surface area contributed by atoms with Crippen LogP contribution in [-0.2, 0) is 6.42 Å². The van der Waals surface area contributed by atoms with Crippen molar-refractivity contribution in [3.05, 3.63) is 41.5 Å². The molecule has 0 aliphatic carbocycles. The summed E-state index contributed by atoms with van der Waals surface area (Å²) in [7, 11) is 4.54. The molecule has 1 heterocycles. The van der Waals surface area contributed by atoms with Gasteiger partial charge in [0, 0.05) is 31.7 Å². The van der Waals surface area contributed by atoms with Crippen LogP contribution in [0, 0.1) is 0 Å². The number of nitrogens with one attached hydrogen (secondary N) is 1. The Morgan fingerprint density at radius 2 is 1.70 bits per heavy atom. The highest BCUT2D eigenvalue weighted by molar-refractivity contribution is 5.99. The van der Waals surface area contributed by atoms with Crippen molar-refractivity contribution < 1.29 is 23.7 Å². The highest BCUT2D eigenvalue weighted by Gasteiger charge is 2.31. The second kappa shape index (κ2) is 13.3. The first-order valence-electron chi connectivity index (χ1n) is 10.4. The molecule has 1 aliphatic rings. The molecule has 0 spiro atoms. The van der Waals surface area contributed by atoms with Gasteiger partial charge < -0.3 is 34.9 Å². The zero-order valence-corrected chi connectivity index (χ0v) is 21.0. The predicted octanol–water partition coefficient (Wildman–Crippen LogP) is 3.28. The fourth-order valence-corrected chi connectivity index (χ4v) is 3.73. The van der Waals surface area contributed by atoms with Gasteiger partial charge in [-0.05, 0) is 37.6 Å². The van der Waals surface area contributed by atoms with Gasteiger partial charge in [0.15, 0.2) is 11.5 Å². The molecule has 3 rings (SSSR count). The van der Waals surface area contributed by atoms with E-state index in [1.54, 1.807) is 6.07 Å². The number of ether oxygens (including phenoxy) is 4. The number of rotatable bonds is 8. The fraction of sp³-hybridized carbons (Fsp3) is 0.435. The van der Waals surface area contributed by atoms with Crippen LogP contribution in [0.3, 0.4) is 0 Å². The van der Waals surface area contributed by atoms with Crippen LogP contribution in [0.5, 0.6) is 28.7 Å². The third-order valence-corrected chi connectivity index (χ3v) is 5.35. The highest BCUT2D eigenvalue weighted by atomic mass is 35.5. The molecule has 0 bridgehead atoms. The lowest BCUT2D eigenvalue weighted by molar-refractivity contribution is 0.0651. The van der Waals surface area contributed by atoms with Gasteiger partial charge in [-0.25, -0.2) is 0 Å². The van der Waals surface area contributed by atoms with E-state index in [4.69, 9.17) is 24.7 Å². The number of nitrogens with zero attached hydrogens (tertiary/aromatic N) is 1. The average molecular weight is 502 g/mol. The Labute approximate surface area is 207 Å². The SMILES string of the molecule is COc1c(Oc2ccc(CCN)cc2)cc(C(=O)N2CCNC[C@H]2C)c(OC)c1OC.Cl.Cl. The summed E-state index contributed by atoms with van der Waals surface area (Å²) in [6.07, 6.45) is 0.793. The topological polar surface area (TPSA) is 95.3 Å². The monoisotopic (exact) mass is 501 g/mol. The van der Waals surface area contributed by atoms with Crippen molar-refractivity contribution >= 4 is 30.7 Å². The van der Waals surface area contributed by atoms with Crippen molar-refractivity contribution in [3.8, 4) is 28.7 Å². The number of benzene rings is 2. The van der Waals surface area contributed by atoms with E-state index < -0.39 is 0 Å². The van der Waals surface area contributed by atoms with Crippen LogP contribution in [0.4, 0.5) is 0 Å². The van der Waals surface area contributed by atoms with Gasteiger partial charge >= 0.3 is 0 Å². The summed E-state index contributed by atoms with van der Waals surface area (Å²) < 4.78 is 22.8. The molecular formula is C23H33Cl2N3O5. The number of hydrogen-bond donors (Lipinski definition) is 2. The second-order valence-electron chi connectivity index (χ2n) is 7.36. The summed E-state index contributed by atoms with van der Waals surface area (Å²) in [5.41, 5.74) is 7.11. The van der Waals surface area contributed by atoms with Gasteiger partial charge in [0.25, 0.3) is 5.91 Å². The van der Waals surface area contributed by atoms with Crippen LogP contribution in [0.1, 0.15) is 22.8 Å². The van der Waals surface area contributed by atoms with Gasteiger partial charge in [0.05, 0.1) is 26.9 Å². The molecule has 1 amide bonds. The summed E-state index contributed by atoms with van der Waals surface area (Å²) in [5.74, 6) is 1.83. The molecule has 1 fully saturated rings. The maximum absolute atomic E-state index is 13.4. The van der Waals surface area contributed by atoms with Crippen molar-refractivity contribution in [2.24, 2.45) is 5.73 Å². The predicted molar refractivity (Wildman–Crippen MR) is 133 cm³/mol. The Balaban J connectivity index is 0.00000272. The minimum atomic E-state index is -0.144. The summed E-state index contributed by atoms with van der Waals surface area (Å²) in [5, 5.41) is 3.30. The van der Waals surface area contributed by atoms with Crippen LogP contribution in [-0.4, -0.2) is 64.4 Å². The summed E-state index contributed by atoms with van der Waals surface area (Å²) >= 11 is 0. The van der Waals surface area contributed by atoms with E-state index in [2.05, 4.69) is 5.32 Å². The second-order valence-corrected chi connectivity index (χ2v) is 7.36. The van der Waals surface area contributed by atoms with Crippen molar-refractivity contribution in [1.82, 2.24) is 10.2 Å². The van der Waals surface area contributed by atoms with Crippen molar-refractivity contribution in [2.45, 2.75) is 19.4 Å². The number of halogens is 2. The molecule has 1 atom stereocenters. The van der Waals surface area contributed by atoms with E-state index in [-0.39, 0.29) is 36.8 Å². The molecule has 184 valence electrons. The van der Waals surface area contributed by atoms with Crippen molar-refractivity contribution in [2.75, 3.05) is 47.5 Å². The molecule has 1 aliphatic heterocycles. The molecule has 0 unspecified atom stereocenters. The first-order valence-corrected chi connectivity index (χ1v) is 10.4. The Bertz CT molecular complexity index is 912. The third kappa shape index (κ3) is 6.35. The minimum Gasteiger partial charge on any atom is -0.492 e. The lowest BCUT2D eigenvalue weighted by atomic mass is 10.1. The smallest absolute Gasteiger partial charge is 0.258 e. The first kappa shape index (κ1) is 28.6. The standard InChI is InChI=1S/C23H31N3O5.2ClH/c1-15-14-25-11-12-26(15)23(27)18-13-19(21(29-3)22(30-4)20(18)28-2)31-17-7-5-16(6-8-17)9-10-24;;/h5-8,13,15,25H,9-12,14,24H2,1-4H3;2*1H/t15-;;/m1../s1. The van der Waals surface area contributed by atoms with E-state index in [9.17, 15) is 4.79 Å².